The SMILES string of the molecule is COC(=O)C(c1ccccc1OC)C(OC)OC. The maximum Gasteiger partial charge on any atom is 0.318 e. The van der Waals surface area contributed by atoms with E-state index in [9.17, 15) is 4.79 Å². The summed E-state index contributed by atoms with van der Waals surface area (Å²) in [6.45, 7) is 0. The van der Waals surface area contributed by atoms with Crippen LogP contribution in [0.15, 0.2) is 24.3 Å². The molecule has 100 valence electrons. The van der Waals surface area contributed by atoms with Gasteiger partial charge in [0.1, 0.15) is 11.7 Å². The van der Waals surface area contributed by atoms with Gasteiger partial charge in [-0.05, 0) is 6.07 Å². The quantitative estimate of drug-likeness (QED) is 0.569. The van der Waals surface area contributed by atoms with Crippen LogP contribution in [0, 0.1) is 0 Å². The molecule has 0 N–H and O–H groups in total. The molecule has 0 radical (unpaired) electrons. The van der Waals surface area contributed by atoms with Crippen molar-refractivity contribution in [3.8, 4) is 5.75 Å². The van der Waals surface area contributed by atoms with E-state index in [0.717, 1.165) is 0 Å². The Labute approximate surface area is 107 Å². The summed E-state index contributed by atoms with van der Waals surface area (Å²) in [6, 6.07) is 7.20. The van der Waals surface area contributed by atoms with Crippen LogP contribution in [0.5, 0.6) is 5.75 Å². The van der Waals surface area contributed by atoms with Crippen molar-refractivity contribution in [3.05, 3.63) is 29.8 Å². The minimum atomic E-state index is -0.728. The number of hydrogen-bond acceptors (Lipinski definition) is 5. The summed E-state index contributed by atoms with van der Waals surface area (Å²) in [4.78, 5) is 11.9. The third-order valence-corrected chi connectivity index (χ3v) is 2.67. The standard InChI is InChI=1S/C13H18O5/c1-15-10-8-6-5-7-9(10)11(12(14)16-2)13(17-3)18-4/h5-8,11,13H,1-4H3. The van der Waals surface area contributed by atoms with Gasteiger partial charge in [-0.1, -0.05) is 18.2 Å². The largest absolute Gasteiger partial charge is 0.496 e. The minimum absolute atomic E-state index is 0.437. The van der Waals surface area contributed by atoms with E-state index in [1.807, 2.05) is 12.1 Å². The van der Waals surface area contributed by atoms with Gasteiger partial charge in [0.15, 0.2) is 6.29 Å². The van der Waals surface area contributed by atoms with E-state index in [4.69, 9.17) is 18.9 Å². The van der Waals surface area contributed by atoms with E-state index >= 15 is 0 Å². The van der Waals surface area contributed by atoms with Crippen molar-refractivity contribution in [1.29, 1.82) is 0 Å². The third kappa shape index (κ3) is 3.00. The van der Waals surface area contributed by atoms with E-state index in [2.05, 4.69) is 0 Å². The molecule has 0 spiro atoms. The first kappa shape index (κ1) is 14.5. The summed E-state index contributed by atoms with van der Waals surface area (Å²) in [5.74, 6) is -0.540. The molecule has 1 aromatic carbocycles. The van der Waals surface area contributed by atoms with E-state index in [1.54, 1.807) is 19.2 Å². The Bertz CT molecular complexity index is 387. The normalized spacial score (nSPS) is 12.3. The van der Waals surface area contributed by atoms with Crippen molar-refractivity contribution >= 4 is 5.97 Å². The number of carbonyl (C=O) groups is 1. The van der Waals surface area contributed by atoms with Gasteiger partial charge >= 0.3 is 5.97 Å². The molecule has 0 heterocycles. The first-order valence-corrected chi connectivity index (χ1v) is 5.45. The number of rotatable bonds is 6. The lowest BCUT2D eigenvalue weighted by atomic mass is 9.97. The first-order valence-electron chi connectivity index (χ1n) is 5.45. The number of ether oxygens (including phenoxy) is 4. The molecule has 1 aromatic rings. The summed E-state index contributed by atoms with van der Waals surface area (Å²) in [7, 11) is 5.81. The van der Waals surface area contributed by atoms with E-state index in [-0.39, 0.29) is 0 Å². The van der Waals surface area contributed by atoms with Crippen molar-refractivity contribution < 1.29 is 23.7 Å². The molecular weight excluding hydrogens is 236 g/mol. The lowest BCUT2D eigenvalue weighted by Gasteiger charge is -2.24. The van der Waals surface area contributed by atoms with Gasteiger partial charge < -0.3 is 18.9 Å². The van der Waals surface area contributed by atoms with Crippen LogP contribution in [-0.4, -0.2) is 40.7 Å². The summed E-state index contributed by atoms with van der Waals surface area (Å²) in [5.41, 5.74) is 0.667. The fourth-order valence-electron chi connectivity index (χ4n) is 1.80. The Morgan fingerprint density at radius 3 is 2.17 bits per heavy atom. The average Bonchev–Trinajstić information content (AvgIpc) is 2.43. The molecule has 5 heteroatoms. The zero-order valence-electron chi connectivity index (χ0n) is 11.0. The van der Waals surface area contributed by atoms with Crippen molar-refractivity contribution in [3.63, 3.8) is 0 Å². The highest BCUT2D eigenvalue weighted by molar-refractivity contribution is 5.79. The van der Waals surface area contributed by atoms with Crippen LogP contribution in [0.3, 0.4) is 0 Å². The highest BCUT2D eigenvalue weighted by atomic mass is 16.7. The summed E-state index contributed by atoms with van der Waals surface area (Å²) >= 11 is 0. The van der Waals surface area contributed by atoms with Gasteiger partial charge in [-0.15, -0.1) is 0 Å². The second-order valence-electron chi connectivity index (χ2n) is 3.58. The lowest BCUT2D eigenvalue weighted by Crippen LogP contribution is -2.30. The molecular formula is C13H18O5. The molecule has 0 aromatic heterocycles. The second-order valence-corrected chi connectivity index (χ2v) is 3.58. The monoisotopic (exact) mass is 254 g/mol. The van der Waals surface area contributed by atoms with E-state index in [0.29, 0.717) is 11.3 Å². The molecule has 5 nitrogen and oxygen atoms in total. The van der Waals surface area contributed by atoms with Crippen LogP contribution < -0.4 is 4.74 Å². The molecule has 0 bridgehead atoms. The predicted molar refractivity (Wildman–Crippen MR) is 65.6 cm³/mol. The van der Waals surface area contributed by atoms with Crippen LogP contribution in [0.1, 0.15) is 11.5 Å². The molecule has 0 saturated carbocycles. The molecule has 0 aliphatic carbocycles. The number of hydrogen-bond donors (Lipinski definition) is 0. The topological polar surface area (TPSA) is 54.0 Å². The Hall–Kier alpha value is -1.59. The molecule has 18 heavy (non-hydrogen) atoms. The van der Waals surface area contributed by atoms with Gasteiger partial charge in [-0.3, -0.25) is 4.79 Å². The van der Waals surface area contributed by atoms with Crippen LogP contribution in [0.4, 0.5) is 0 Å². The summed E-state index contributed by atoms with van der Waals surface area (Å²) < 4.78 is 20.4. The fraction of sp³-hybridized carbons (Fsp3) is 0.462. The maximum atomic E-state index is 11.9. The van der Waals surface area contributed by atoms with E-state index < -0.39 is 18.2 Å². The minimum Gasteiger partial charge on any atom is -0.496 e. The van der Waals surface area contributed by atoms with Crippen molar-refractivity contribution in [1.82, 2.24) is 0 Å². The molecule has 1 rings (SSSR count). The van der Waals surface area contributed by atoms with Gasteiger partial charge in [0.25, 0.3) is 0 Å². The Morgan fingerprint density at radius 2 is 1.67 bits per heavy atom. The van der Waals surface area contributed by atoms with E-state index in [1.165, 1.54) is 21.3 Å². The van der Waals surface area contributed by atoms with Gasteiger partial charge in [0, 0.05) is 19.8 Å². The fourth-order valence-corrected chi connectivity index (χ4v) is 1.80. The molecule has 0 aliphatic heterocycles. The smallest absolute Gasteiger partial charge is 0.318 e. The molecule has 1 unspecified atom stereocenters. The molecule has 0 saturated heterocycles. The van der Waals surface area contributed by atoms with Crippen molar-refractivity contribution in [2.75, 3.05) is 28.4 Å². The Balaban J connectivity index is 3.20. The average molecular weight is 254 g/mol. The van der Waals surface area contributed by atoms with Gasteiger partial charge in [-0.25, -0.2) is 0 Å². The number of benzene rings is 1. The van der Waals surface area contributed by atoms with Gasteiger partial charge in [0.05, 0.1) is 14.2 Å². The van der Waals surface area contributed by atoms with Crippen molar-refractivity contribution in [2.24, 2.45) is 0 Å². The number of methoxy groups -OCH3 is 4. The summed E-state index contributed by atoms with van der Waals surface area (Å²) in [5, 5.41) is 0. The van der Waals surface area contributed by atoms with Crippen LogP contribution in [-0.2, 0) is 19.0 Å². The molecule has 0 fully saturated rings. The highest BCUT2D eigenvalue weighted by Gasteiger charge is 2.33. The van der Waals surface area contributed by atoms with Crippen LogP contribution in [0.25, 0.3) is 0 Å². The third-order valence-electron chi connectivity index (χ3n) is 2.67. The number of para-hydroxylation sites is 1. The van der Waals surface area contributed by atoms with Crippen LogP contribution >= 0.6 is 0 Å². The maximum absolute atomic E-state index is 11.9. The first-order chi connectivity index (χ1) is 8.69. The molecule has 1 atom stereocenters. The highest BCUT2D eigenvalue weighted by Crippen LogP contribution is 2.31. The zero-order valence-corrected chi connectivity index (χ0v) is 11.0. The molecule has 0 aliphatic rings. The summed E-state index contributed by atoms with van der Waals surface area (Å²) in [6.07, 6.45) is -0.728. The van der Waals surface area contributed by atoms with Gasteiger partial charge in [0.2, 0.25) is 0 Å². The van der Waals surface area contributed by atoms with Gasteiger partial charge in [-0.2, -0.15) is 0 Å². The molecule has 0 amide bonds. The zero-order chi connectivity index (χ0) is 13.5. The predicted octanol–water partition coefficient (Wildman–Crippen LogP) is 1.57. The second kappa shape index (κ2) is 6.98. The van der Waals surface area contributed by atoms with Crippen LogP contribution in [0.2, 0.25) is 0 Å². The number of esters is 1. The Kier molecular flexibility index (Phi) is 5.61. The van der Waals surface area contributed by atoms with Crippen molar-refractivity contribution in [2.45, 2.75) is 12.2 Å². The number of carbonyl (C=O) groups excluding carboxylic acids is 1. The lowest BCUT2D eigenvalue weighted by molar-refractivity contribution is -0.163. The Morgan fingerprint density at radius 1 is 1.06 bits per heavy atom.